The summed E-state index contributed by atoms with van der Waals surface area (Å²) in [5.41, 5.74) is 3.83. The topological polar surface area (TPSA) is 41.1 Å². The Bertz CT molecular complexity index is 658. The fourth-order valence-electron chi connectivity index (χ4n) is 2.35. The van der Waals surface area contributed by atoms with E-state index in [1.54, 1.807) is 0 Å². The average Bonchev–Trinajstić information content (AvgIpc) is 2.66. The van der Waals surface area contributed by atoms with Crippen LogP contribution in [-0.4, -0.2) is 9.38 Å². The molecule has 2 rings (SSSR count). The first-order valence-electron chi connectivity index (χ1n) is 6.58. The maximum absolute atomic E-state index is 9.01. The summed E-state index contributed by atoms with van der Waals surface area (Å²) in [5.74, 6) is 0. The van der Waals surface area contributed by atoms with Crippen LogP contribution >= 0.6 is 0 Å². The van der Waals surface area contributed by atoms with Gasteiger partial charge in [0.05, 0.1) is 23.0 Å². The molecule has 0 aliphatic heterocycles. The normalized spacial score (nSPS) is 12.7. The molecule has 3 nitrogen and oxygen atoms in total. The molecule has 0 spiro atoms. The van der Waals surface area contributed by atoms with E-state index in [9.17, 15) is 0 Å². The van der Waals surface area contributed by atoms with Gasteiger partial charge in [0.25, 0.3) is 0 Å². The van der Waals surface area contributed by atoms with E-state index in [1.165, 1.54) is 5.69 Å². The highest BCUT2D eigenvalue weighted by Gasteiger charge is 2.30. The highest BCUT2D eigenvalue weighted by Crippen LogP contribution is 2.34. The van der Waals surface area contributed by atoms with Crippen molar-refractivity contribution in [1.29, 1.82) is 5.26 Å². The number of fused-ring (bicyclic) bond motifs is 1. The van der Waals surface area contributed by atoms with E-state index in [1.807, 2.05) is 18.3 Å². The van der Waals surface area contributed by atoms with Crippen LogP contribution in [0.15, 0.2) is 18.3 Å². The summed E-state index contributed by atoms with van der Waals surface area (Å²) in [6, 6.07) is 5.87. The van der Waals surface area contributed by atoms with E-state index in [4.69, 9.17) is 10.2 Å². The van der Waals surface area contributed by atoms with E-state index in [-0.39, 0.29) is 10.8 Å². The van der Waals surface area contributed by atoms with Crippen LogP contribution < -0.4 is 0 Å². The van der Waals surface area contributed by atoms with Gasteiger partial charge in [-0.05, 0) is 12.1 Å². The van der Waals surface area contributed by atoms with Gasteiger partial charge in [-0.3, -0.25) is 0 Å². The molecule has 2 aromatic rings. The molecule has 0 aliphatic carbocycles. The lowest BCUT2D eigenvalue weighted by Crippen LogP contribution is -2.23. The molecule has 0 unspecified atom stereocenters. The van der Waals surface area contributed by atoms with Crippen LogP contribution in [0.5, 0.6) is 0 Å². The molecule has 2 aromatic heterocycles. The van der Waals surface area contributed by atoms with Crippen molar-refractivity contribution in [3.8, 4) is 6.07 Å². The van der Waals surface area contributed by atoms with Crippen molar-refractivity contribution in [2.24, 2.45) is 0 Å². The lowest BCUT2D eigenvalue weighted by Gasteiger charge is -2.25. The summed E-state index contributed by atoms with van der Waals surface area (Å²) in [4.78, 5) is 4.77. The van der Waals surface area contributed by atoms with Crippen LogP contribution in [0.3, 0.4) is 0 Å². The minimum Gasteiger partial charge on any atom is -0.303 e. The second-order valence-corrected chi connectivity index (χ2v) is 7.06. The molecule has 3 heteroatoms. The van der Waals surface area contributed by atoms with Crippen molar-refractivity contribution in [1.82, 2.24) is 9.38 Å². The summed E-state index contributed by atoms with van der Waals surface area (Å²) in [6.07, 6.45) is 1.96. The highest BCUT2D eigenvalue weighted by molar-refractivity contribution is 5.51. The lowest BCUT2D eigenvalue weighted by atomic mass is 9.82. The van der Waals surface area contributed by atoms with Crippen molar-refractivity contribution in [3.63, 3.8) is 0 Å². The van der Waals surface area contributed by atoms with Crippen molar-refractivity contribution >= 4 is 5.65 Å². The zero-order valence-electron chi connectivity index (χ0n) is 12.6. The van der Waals surface area contributed by atoms with Crippen molar-refractivity contribution in [2.75, 3.05) is 0 Å². The van der Waals surface area contributed by atoms with Crippen molar-refractivity contribution < 1.29 is 0 Å². The molecule has 0 bridgehead atoms. The van der Waals surface area contributed by atoms with Crippen LogP contribution in [0.1, 0.15) is 58.5 Å². The molecule has 2 heterocycles. The SMILES string of the molecule is CC(C)(C)c1nc2cc(C#N)ccn2c1C(C)(C)C. The van der Waals surface area contributed by atoms with Gasteiger partial charge in [0, 0.05) is 17.0 Å². The first kappa shape index (κ1) is 13.6. The molecule has 19 heavy (non-hydrogen) atoms. The Balaban J connectivity index is 2.86. The fraction of sp³-hybridized carbons (Fsp3) is 0.500. The molecule has 0 aliphatic rings. The minimum atomic E-state index is -0.0125. The molecular weight excluding hydrogens is 234 g/mol. The van der Waals surface area contributed by atoms with Gasteiger partial charge in [0.15, 0.2) is 0 Å². The first-order chi connectivity index (χ1) is 8.64. The second kappa shape index (κ2) is 4.09. The number of rotatable bonds is 0. The summed E-state index contributed by atoms with van der Waals surface area (Å²) in [6.45, 7) is 13.1. The summed E-state index contributed by atoms with van der Waals surface area (Å²) < 4.78 is 2.11. The van der Waals surface area contributed by atoms with E-state index in [0.717, 1.165) is 11.3 Å². The van der Waals surface area contributed by atoms with Crippen LogP contribution in [0.4, 0.5) is 0 Å². The Kier molecular flexibility index (Phi) is 2.93. The van der Waals surface area contributed by atoms with Gasteiger partial charge >= 0.3 is 0 Å². The van der Waals surface area contributed by atoms with Gasteiger partial charge in [-0.2, -0.15) is 5.26 Å². The predicted octanol–water partition coefficient (Wildman–Crippen LogP) is 3.80. The highest BCUT2D eigenvalue weighted by atomic mass is 15.0. The Morgan fingerprint density at radius 3 is 2.21 bits per heavy atom. The predicted molar refractivity (Wildman–Crippen MR) is 77.3 cm³/mol. The molecule has 0 N–H and O–H groups in total. The third-order valence-corrected chi connectivity index (χ3v) is 3.18. The van der Waals surface area contributed by atoms with Crippen LogP contribution in [0.25, 0.3) is 5.65 Å². The molecule has 0 fully saturated rings. The number of nitriles is 1. The number of imidazole rings is 1. The standard InChI is InChI=1S/C16H21N3/c1-15(2,3)13-14(16(4,5)6)19-8-7-11(10-17)9-12(19)18-13/h7-9H,1-6H3. The number of hydrogen-bond donors (Lipinski definition) is 0. The number of pyridine rings is 1. The number of nitrogens with zero attached hydrogens (tertiary/aromatic N) is 3. The third kappa shape index (κ3) is 2.35. The Labute approximate surface area is 114 Å². The average molecular weight is 255 g/mol. The van der Waals surface area contributed by atoms with Crippen molar-refractivity contribution in [2.45, 2.75) is 52.4 Å². The van der Waals surface area contributed by atoms with E-state index < -0.39 is 0 Å². The van der Waals surface area contributed by atoms with Gasteiger partial charge in [0.1, 0.15) is 5.65 Å². The zero-order chi connectivity index (χ0) is 14.4. The molecular formula is C16H21N3. The largest absolute Gasteiger partial charge is 0.303 e. The third-order valence-electron chi connectivity index (χ3n) is 3.18. The van der Waals surface area contributed by atoms with E-state index in [0.29, 0.717) is 5.56 Å². The molecule has 0 aromatic carbocycles. The van der Waals surface area contributed by atoms with E-state index >= 15 is 0 Å². The number of hydrogen-bond acceptors (Lipinski definition) is 2. The summed E-state index contributed by atoms with van der Waals surface area (Å²) in [5, 5.41) is 9.01. The maximum Gasteiger partial charge on any atom is 0.138 e. The summed E-state index contributed by atoms with van der Waals surface area (Å²) >= 11 is 0. The lowest BCUT2D eigenvalue weighted by molar-refractivity contribution is 0.506. The second-order valence-electron chi connectivity index (χ2n) is 7.06. The molecule has 100 valence electrons. The molecule has 0 saturated carbocycles. The zero-order valence-corrected chi connectivity index (χ0v) is 12.6. The quantitative estimate of drug-likeness (QED) is 0.718. The Morgan fingerprint density at radius 1 is 1.11 bits per heavy atom. The summed E-state index contributed by atoms with van der Waals surface area (Å²) in [7, 11) is 0. The monoisotopic (exact) mass is 255 g/mol. The molecule has 0 atom stereocenters. The van der Waals surface area contributed by atoms with Crippen LogP contribution in [0, 0.1) is 11.3 Å². The Morgan fingerprint density at radius 2 is 1.74 bits per heavy atom. The minimum absolute atomic E-state index is 0.0101. The molecule has 0 saturated heterocycles. The van der Waals surface area contributed by atoms with Crippen LogP contribution in [-0.2, 0) is 10.8 Å². The number of aromatic nitrogens is 2. The van der Waals surface area contributed by atoms with Crippen LogP contribution in [0.2, 0.25) is 0 Å². The van der Waals surface area contributed by atoms with Gasteiger partial charge in [-0.25, -0.2) is 4.98 Å². The van der Waals surface area contributed by atoms with Gasteiger partial charge in [-0.1, -0.05) is 41.5 Å². The van der Waals surface area contributed by atoms with E-state index in [2.05, 4.69) is 52.0 Å². The molecule has 0 radical (unpaired) electrons. The van der Waals surface area contributed by atoms with Gasteiger partial charge < -0.3 is 4.40 Å². The first-order valence-corrected chi connectivity index (χ1v) is 6.58. The Hall–Kier alpha value is -1.82. The maximum atomic E-state index is 9.01. The smallest absolute Gasteiger partial charge is 0.138 e. The van der Waals surface area contributed by atoms with Gasteiger partial charge in [0.2, 0.25) is 0 Å². The molecule has 0 amide bonds. The van der Waals surface area contributed by atoms with Crippen molar-refractivity contribution in [3.05, 3.63) is 35.3 Å². The van der Waals surface area contributed by atoms with Gasteiger partial charge in [-0.15, -0.1) is 0 Å². The fourth-order valence-corrected chi connectivity index (χ4v) is 2.35.